The summed E-state index contributed by atoms with van der Waals surface area (Å²) in [6.45, 7) is -0.310. The minimum Gasteiger partial charge on any atom is -0.496 e. The van der Waals surface area contributed by atoms with Crippen LogP contribution in [0, 0.1) is 0 Å². The van der Waals surface area contributed by atoms with Crippen molar-refractivity contribution in [3.8, 4) is 17.2 Å². The van der Waals surface area contributed by atoms with Crippen molar-refractivity contribution >= 4 is 18.1 Å². The lowest BCUT2D eigenvalue weighted by Gasteiger charge is -2.40. The van der Waals surface area contributed by atoms with Crippen LogP contribution in [0.1, 0.15) is 27.4 Å². The number of methoxy groups -OCH3 is 3. The summed E-state index contributed by atoms with van der Waals surface area (Å²) >= 11 is 0. The third kappa shape index (κ3) is 5.67. The van der Waals surface area contributed by atoms with Crippen LogP contribution in [0.15, 0.2) is 48.0 Å². The van der Waals surface area contributed by atoms with Crippen molar-refractivity contribution in [2.75, 3.05) is 47.6 Å². The summed E-state index contributed by atoms with van der Waals surface area (Å²) in [5.74, 6) is -0.358. The van der Waals surface area contributed by atoms with Gasteiger partial charge >= 0.3 is 0 Å². The fourth-order valence-electron chi connectivity index (χ4n) is 5.36. The summed E-state index contributed by atoms with van der Waals surface area (Å²) in [5, 5.41) is 23.6. The number of carbonyl (C=O) groups is 3. The van der Waals surface area contributed by atoms with E-state index in [1.165, 1.54) is 25.2 Å². The van der Waals surface area contributed by atoms with E-state index in [2.05, 4.69) is 5.32 Å². The molecule has 11 nitrogen and oxygen atoms in total. The molecule has 2 aromatic rings. The van der Waals surface area contributed by atoms with Crippen LogP contribution < -0.4 is 19.5 Å². The molecular formula is C29H34N2O9. The van der Waals surface area contributed by atoms with Crippen LogP contribution in [0.25, 0.3) is 0 Å². The van der Waals surface area contributed by atoms with Gasteiger partial charge in [-0.25, -0.2) is 0 Å². The molecule has 0 bridgehead atoms. The lowest BCUT2D eigenvalue weighted by atomic mass is 9.77. The second kappa shape index (κ2) is 12.9. The first kappa shape index (κ1) is 29.1. The van der Waals surface area contributed by atoms with Gasteiger partial charge in [-0.15, -0.1) is 0 Å². The van der Waals surface area contributed by atoms with E-state index in [9.17, 15) is 24.6 Å². The van der Waals surface area contributed by atoms with Crippen molar-refractivity contribution in [2.45, 2.75) is 30.6 Å². The third-order valence-corrected chi connectivity index (χ3v) is 7.17. The molecule has 0 fully saturated rings. The SMILES string of the molecule is COCC(=O)N(CCc1ccccc1OC)[C@@H]1C=C(C(=O)NCCO)[C@@H]2c3cc(C=O)cc(OC)c3O[C@@H]2[C@H]1O. The van der Waals surface area contributed by atoms with Crippen LogP contribution in [-0.4, -0.2) is 99.1 Å². The molecule has 11 heteroatoms. The lowest BCUT2D eigenvalue weighted by molar-refractivity contribution is -0.141. The molecule has 2 amide bonds. The molecule has 40 heavy (non-hydrogen) atoms. The Morgan fingerprint density at radius 2 is 1.88 bits per heavy atom. The maximum Gasteiger partial charge on any atom is 0.249 e. The molecule has 1 aliphatic carbocycles. The van der Waals surface area contributed by atoms with Crippen LogP contribution in [0.2, 0.25) is 0 Å². The van der Waals surface area contributed by atoms with Gasteiger partial charge in [0.15, 0.2) is 11.5 Å². The fourth-order valence-corrected chi connectivity index (χ4v) is 5.36. The number of aldehydes is 1. The number of para-hydroxylation sites is 1. The van der Waals surface area contributed by atoms with E-state index in [1.807, 2.05) is 24.3 Å². The molecule has 0 saturated carbocycles. The van der Waals surface area contributed by atoms with Crippen LogP contribution in [-0.2, 0) is 20.7 Å². The normalized spacial score (nSPS) is 20.9. The van der Waals surface area contributed by atoms with E-state index in [0.29, 0.717) is 35.3 Å². The maximum absolute atomic E-state index is 13.4. The molecule has 0 aromatic heterocycles. The molecule has 0 saturated heterocycles. The van der Waals surface area contributed by atoms with E-state index in [4.69, 9.17) is 18.9 Å². The third-order valence-electron chi connectivity index (χ3n) is 7.17. The second-order valence-corrected chi connectivity index (χ2v) is 9.48. The number of amides is 2. The predicted octanol–water partition coefficient (Wildman–Crippen LogP) is 0.857. The number of benzene rings is 2. The summed E-state index contributed by atoms with van der Waals surface area (Å²) in [7, 11) is 4.40. The fraction of sp³-hybridized carbons (Fsp3) is 0.414. The van der Waals surface area contributed by atoms with Gasteiger partial charge in [0.2, 0.25) is 11.8 Å². The zero-order chi connectivity index (χ0) is 28.8. The highest BCUT2D eigenvalue weighted by atomic mass is 16.5. The number of aliphatic hydroxyl groups is 2. The zero-order valence-corrected chi connectivity index (χ0v) is 22.7. The molecule has 0 spiro atoms. The number of hydrogen-bond acceptors (Lipinski definition) is 9. The predicted molar refractivity (Wildman–Crippen MR) is 144 cm³/mol. The molecule has 4 rings (SSSR count). The first-order valence-electron chi connectivity index (χ1n) is 12.9. The maximum atomic E-state index is 13.4. The quantitative estimate of drug-likeness (QED) is 0.326. The monoisotopic (exact) mass is 554 g/mol. The van der Waals surface area contributed by atoms with Crippen LogP contribution in [0.5, 0.6) is 17.2 Å². The molecule has 214 valence electrons. The van der Waals surface area contributed by atoms with E-state index in [1.54, 1.807) is 19.3 Å². The summed E-state index contributed by atoms with van der Waals surface area (Å²) in [6.07, 6.45) is 0.437. The van der Waals surface area contributed by atoms with E-state index in [0.717, 1.165) is 5.56 Å². The lowest BCUT2D eigenvalue weighted by Crippen LogP contribution is -2.56. The molecule has 0 radical (unpaired) electrons. The van der Waals surface area contributed by atoms with Crippen molar-refractivity contribution in [3.63, 3.8) is 0 Å². The van der Waals surface area contributed by atoms with Crippen LogP contribution in [0.3, 0.4) is 0 Å². The smallest absolute Gasteiger partial charge is 0.249 e. The average Bonchev–Trinajstić information content (AvgIpc) is 3.36. The van der Waals surface area contributed by atoms with Gasteiger partial charge in [-0.05, 0) is 36.3 Å². The summed E-state index contributed by atoms with van der Waals surface area (Å²) in [6, 6.07) is 9.61. The van der Waals surface area contributed by atoms with E-state index >= 15 is 0 Å². The Kier molecular flexibility index (Phi) is 9.41. The first-order valence-corrected chi connectivity index (χ1v) is 12.9. The largest absolute Gasteiger partial charge is 0.496 e. The van der Waals surface area contributed by atoms with Gasteiger partial charge < -0.3 is 39.4 Å². The van der Waals surface area contributed by atoms with Crippen LogP contribution in [0.4, 0.5) is 0 Å². The van der Waals surface area contributed by atoms with Gasteiger partial charge in [-0.2, -0.15) is 0 Å². The Hall–Kier alpha value is -3.93. The average molecular weight is 555 g/mol. The van der Waals surface area contributed by atoms with E-state index in [-0.39, 0.29) is 43.5 Å². The zero-order valence-electron chi connectivity index (χ0n) is 22.7. The number of fused-ring (bicyclic) bond motifs is 3. The topological polar surface area (TPSA) is 144 Å². The Morgan fingerprint density at radius 1 is 1.12 bits per heavy atom. The Morgan fingerprint density at radius 3 is 2.55 bits per heavy atom. The highest BCUT2D eigenvalue weighted by molar-refractivity contribution is 5.96. The van der Waals surface area contributed by atoms with Gasteiger partial charge in [-0.3, -0.25) is 14.4 Å². The summed E-state index contributed by atoms with van der Waals surface area (Å²) < 4.78 is 22.2. The van der Waals surface area contributed by atoms with Gasteiger partial charge in [0.25, 0.3) is 0 Å². The van der Waals surface area contributed by atoms with Gasteiger partial charge in [0, 0.05) is 36.9 Å². The molecule has 1 aliphatic heterocycles. The van der Waals surface area contributed by atoms with Gasteiger partial charge in [0.05, 0.1) is 32.8 Å². The molecular weight excluding hydrogens is 520 g/mol. The van der Waals surface area contributed by atoms with Crippen molar-refractivity contribution in [2.24, 2.45) is 0 Å². The number of ether oxygens (including phenoxy) is 4. The molecule has 1 heterocycles. The Labute approximate surface area is 232 Å². The molecule has 4 atom stereocenters. The summed E-state index contributed by atoms with van der Waals surface area (Å²) in [4.78, 5) is 39.8. The summed E-state index contributed by atoms with van der Waals surface area (Å²) in [5.41, 5.74) is 1.94. The van der Waals surface area contributed by atoms with Crippen molar-refractivity contribution in [3.05, 3.63) is 64.7 Å². The standard InChI is InChI=1S/C29H34N2O9/c1-37-16-24(34)31(10-8-18-6-4-5-7-22(18)38-2)21-14-20(29(36)30-9-11-32)25-19-12-17(15-33)13-23(39-3)27(19)40-28(25)26(21)35/h4-7,12-15,21,25-26,28,32,35H,8-11,16H2,1-3H3,(H,30,36)/t21-,25+,26+,28+/m1/s1. The van der Waals surface area contributed by atoms with Crippen molar-refractivity contribution in [1.29, 1.82) is 0 Å². The minimum absolute atomic E-state index is 0.00626. The Bertz CT molecular complexity index is 1280. The number of aliphatic hydroxyl groups excluding tert-OH is 2. The minimum atomic E-state index is -1.24. The highest BCUT2D eigenvalue weighted by Crippen LogP contribution is 2.51. The van der Waals surface area contributed by atoms with Gasteiger partial charge in [-0.1, -0.05) is 18.2 Å². The molecule has 2 aromatic carbocycles. The number of hydrogen-bond donors (Lipinski definition) is 3. The number of rotatable bonds is 12. The van der Waals surface area contributed by atoms with Crippen molar-refractivity contribution in [1.82, 2.24) is 10.2 Å². The molecule has 3 N–H and O–H groups in total. The molecule has 0 unspecified atom stereocenters. The number of carbonyl (C=O) groups excluding carboxylic acids is 3. The van der Waals surface area contributed by atoms with Crippen LogP contribution >= 0.6 is 0 Å². The number of nitrogens with zero attached hydrogens (tertiary/aromatic N) is 1. The highest BCUT2D eigenvalue weighted by Gasteiger charge is 2.51. The number of nitrogens with one attached hydrogen (secondary N) is 1. The first-order chi connectivity index (χ1) is 19.4. The second-order valence-electron chi connectivity index (χ2n) is 9.48. The van der Waals surface area contributed by atoms with E-state index < -0.39 is 30.1 Å². The van der Waals surface area contributed by atoms with Crippen molar-refractivity contribution < 1.29 is 43.5 Å². The molecule has 2 aliphatic rings. The van der Waals surface area contributed by atoms with Gasteiger partial charge in [0.1, 0.15) is 30.9 Å². The Balaban J connectivity index is 1.77.